The van der Waals surface area contributed by atoms with E-state index in [1.165, 1.54) is 0 Å². The lowest BCUT2D eigenvalue weighted by atomic mass is 10.2. The molecule has 21 heavy (non-hydrogen) atoms. The summed E-state index contributed by atoms with van der Waals surface area (Å²) in [4.78, 5) is 12.0. The number of nitrogens with one attached hydrogen (secondary N) is 1. The maximum atomic E-state index is 12.0. The SMILES string of the molecule is CCCCOCCCNC(=O)C(CC)Oc1ccccc1. The topological polar surface area (TPSA) is 47.6 Å². The van der Waals surface area contributed by atoms with E-state index in [1.807, 2.05) is 37.3 Å². The number of rotatable bonds is 11. The van der Waals surface area contributed by atoms with E-state index in [-0.39, 0.29) is 5.91 Å². The quantitative estimate of drug-likeness (QED) is 0.637. The molecule has 1 aromatic rings. The summed E-state index contributed by atoms with van der Waals surface area (Å²) in [6.45, 7) is 6.21. The Morgan fingerprint density at radius 2 is 1.86 bits per heavy atom. The molecule has 0 bridgehead atoms. The third-order valence-electron chi connectivity index (χ3n) is 3.09. The van der Waals surface area contributed by atoms with Gasteiger partial charge in [-0.2, -0.15) is 0 Å². The highest BCUT2D eigenvalue weighted by molar-refractivity contribution is 5.81. The molecule has 0 aliphatic heterocycles. The number of carbonyl (C=O) groups excluding carboxylic acids is 1. The van der Waals surface area contributed by atoms with Crippen LogP contribution in [0.2, 0.25) is 0 Å². The van der Waals surface area contributed by atoms with Crippen molar-refractivity contribution >= 4 is 5.91 Å². The molecular weight excluding hydrogens is 266 g/mol. The van der Waals surface area contributed by atoms with Crippen molar-refractivity contribution in [3.05, 3.63) is 30.3 Å². The number of benzene rings is 1. The van der Waals surface area contributed by atoms with Crippen LogP contribution in [-0.4, -0.2) is 31.8 Å². The molecule has 0 spiro atoms. The second kappa shape index (κ2) is 11.1. The lowest BCUT2D eigenvalue weighted by Gasteiger charge is -2.17. The van der Waals surface area contributed by atoms with E-state index in [9.17, 15) is 4.79 Å². The van der Waals surface area contributed by atoms with Gasteiger partial charge in [0.15, 0.2) is 6.10 Å². The molecular formula is C17H27NO3. The minimum Gasteiger partial charge on any atom is -0.481 e. The first-order valence-corrected chi connectivity index (χ1v) is 7.85. The van der Waals surface area contributed by atoms with Crippen LogP contribution >= 0.6 is 0 Å². The van der Waals surface area contributed by atoms with Gasteiger partial charge >= 0.3 is 0 Å². The highest BCUT2D eigenvalue weighted by atomic mass is 16.5. The third kappa shape index (κ3) is 7.71. The Labute approximate surface area is 127 Å². The van der Waals surface area contributed by atoms with Gasteiger partial charge in [0, 0.05) is 19.8 Å². The molecule has 0 aliphatic rings. The monoisotopic (exact) mass is 293 g/mol. The van der Waals surface area contributed by atoms with Gasteiger partial charge in [-0.05, 0) is 31.4 Å². The number of para-hydroxylation sites is 1. The van der Waals surface area contributed by atoms with Gasteiger partial charge in [-0.1, -0.05) is 38.5 Å². The fourth-order valence-corrected chi connectivity index (χ4v) is 1.83. The van der Waals surface area contributed by atoms with Crippen molar-refractivity contribution in [2.45, 2.75) is 45.6 Å². The van der Waals surface area contributed by atoms with Gasteiger partial charge < -0.3 is 14.8 Å². The summed E-state index contributed by atoms with van der Waals surface area (Å²) in [6.07, 6.45) is 3.28. The molecule has 1 amide bonds. The number of unbranched alkanes of at least 4 members (excludes halogenated alkanes) is 1. The van der Waals surface area contributed by atoms with Crippen molar-refractivity contribution < 1.29 is 14.3 Å². The third-order valence-corrected chi connectivity index (χ3v) is 3.09. The van der Waals surface area contributed by atoms with E-state index in [0.717, 1.165) is 31.6 Å². The van der Waals surface area contributed by atoms with Gasteiger partial charge in [0.1, 0.15) is 5.75 Å². The summed E-state index contributed by atoms with van der Waals surface area (Å²) in [6, 6.07) is 9.43. The van der Waals surface area contributed by atoms with Gasteiger partial charge in [-0.15, -0.1) is 0 Å². The molecule has 1 rings (SSSR count). The summed E-state index contributed by atoms with van der Waals surface area (Å²) in [5.41, 5.74) is 0. The lowest BCUT2D eigenvalue weighted by Crippen LogP contribution is -2.38. The molecule has 0 radical (unpaired) electrons. The zero-order valence-electron chi connectivity index (χ0n) is 13.1. The van der Waals surface area contributed by atoms with Gasteiger partial charge in [0.25, 0.3) is 5.91 Å². The minimum absolute atomic E-state index is 0.0603. The van der Waals surface area contributed by atoms with Crippen molar-refractivity contribution in [3.63, 3.8) is 0 Å². The van der Waals surface area contributed by atoms with Crippen LogP contribution in [0.15, 0.2) is 30.3 Å². The first-order valence-electron chi connectivity index (χ1n) is 7.85. The van der Waals surface area contributed by atoms with Crippen molar-refractivity contribution in [3.8, 4) is 5.75 Å². The number of amides is 1. The van der Waals surface area contributed by atoms with Gasteiger partial charge in [-0.3, -0.25) is 4.79 Å². The Morgan fingerprint density at radius 3 is 2.52 bits per heavy atom. The van der Waals surface area contributed by atoms with E-state index < -0.39 is 6.10 Å². The highest BCUT2D eigenvalue weighted by Gasteiger charge is 2.17. The molecule has 1 atom stereocenters. The Balaban J connectivity index is 2.19. The Kier molecular flexibility index (Phi) is 9.29. The zero-order chi connectivity index (χ0) is 15.3. The summed E-state index contributed by atoms with van der Waals surface area (Å²) < 4.78 is 11.1. The molecule has 0 aromatic heterocycles. The number of ether oxygens (including phenoxy) is 2. The smallest absolute Gasteiger partial charge is 0.261 e. The van der Waals surface area contributed by atoms with Crippen molar-refractivity contribution in [2.24, 2.45) is 0 Å². The zero-order valence-corrected chi connectivity index (χ0v) is 13.1. The Hall–Kier alpha value is -1.55. The van der Waals surface area contributed by atoms with Crippen LogP contribution in [0.3, 0.4) is 0 Å². The highest BCUT2D eigenvalue weighted by Crippen LogP contribution is 2.12. The molecule has 1 aromatic carbocycles. The van der Waals surface area contributed by atoms with E-state index in [1.54, 1.807) is 0 Å². The molecule has 0 aliphatic carbocycles. The second-order valence-corrected chi connectivity index (χ2v) is 4.94. The molecule has 4 nitrogen and oxygen atoms in total. The van der Waals surface area contributed by atoms with Crippen LogP contribution in [0, 0.1) is 0 Å². The maximum absolute atomic E-state index is 12.0. The number of carbonyl (C=O) groups is 1. The minimum atomic E-state index is -0.437. The van der Waals surface area contributed by atoms with Crippen LogP contribution in [-0.2, 0) is 9.53 Å². The standard InChI is InChI=1S/C17H27NO3/c1-3-5-13-20-14-9-12-18-17(19)16(4-2)21-15-10-7-6-8-11-15/h6-8,10-11,16H,3-5,9,12-14H2,1-2H3,(H,18,19). The van der Waals surface area contributed by atoms with Crippen LogP contribution in [0.5, 0.6) is 5.75 Å². The maximum Gasteiger partial charge on any atom is 0.261 e. The van der Waals surface area contributed by atoms with Crippen LogP contribution < -0.4 is 10.1 Å². The molecule has 0 fully saturated rings. The summed E-state index contributed by atoms with van der Waals surface area (Å²) in [5, 5.41) is 2.90. The van der Waals surface area contributed by atoms with E-state index in [2.05, 4.69) is 12.2 Å². The van der Waals surface area contributed by atoms with Crippen molar-refractivity contribution in [1.82, 2.24) is 5.32 Å². The summed E-state index contributed by atoms with van der Waals surface area (Å²) in [5.74, 6) is 0.664. The Morgan fingerprint density at radius 1 is 1.14 bits per heavy atom. The molecule has 0 saturated carbocycles. The van der Waals surface area contributed by atoms with E-state index in [0.29, 0.717) is 19.6 Å². The molecule has 0 heterocycles. The average molecular weight is 293 g/mol. The van der Waals surface area contributed by atoms with Crippen LogP contribution in [0.4, 0.5) is 0 Å². The Bertz CT molecular complexity index is 381. The van der Waals surface area contributed by atoms with Crippen LogP contribution in [0.1, 0.15) is 39.5 Å². The molecule has 1 unspecified atom stereocenters. The average Bonchev–Trinajstić information content (AvgIpc) is 2.52. The van der Waals surface area contributed by atoms with Crippen LogP contribution in [0.25, 0.3) is 0 Å². The van der Waals surface area contributed by atoms with E-state index >= 15 is 0 Å². The van der Waals surface area contributed by atoms with Gasteiger partial charge in [-0.25, -0.2) is 0 Å². The summed E-state index contributed by atoms with van der Waals surface area (Å²) in [7, 11) is 0. The van der Waals surface area contributed by atoms with Gasteiger partial charge in [0.2, 0.25) is 0 Å². The normalized spacial score (nSPS) is 11.9. The summed E-state index contributed by atoms with van der Waals surface area (Å²) >= 11 is 0. The first-order chi connectivity index (χ1) is 10.3. The van der Waals surface area contributed by atoms with E-state index in [4.69, 9.17) is 9.47 Å². The van der Waals surface area contributed by atoms with Crippen molar-refractivity contribution in [1.29, 1.82) is 0 Å². The lowest BCUT2D eigenvalue weighted by molar-refractivity contribution is -0.128. The number of hydrogen-bond acceptors (Lipinski definition) is 3. The van der Waals surface area contributed by atoms with Crippen molar-refractivity contribution in [2.75, 3.05) is 19.8 Å². The fourth-order valence-electron chi connectivity index (χ4n) is 1.83. The molecule has 118 valence electrons. The predicted octanol–water partition coefficient (Wildman–Crippen LogP) is 3.17. The second-order valence-electron chi connectivity index (χ2n) is 4.94. The number of hydrogen-bond donors (Lipinski definition) is 1. The predicted molar refractivity (Wildman–Crippen MR) is 84.5 cm³/mol. The first kappa shape index (κ1) is 17.5. The largest absolute Gasteiger partial charge is 0.481 e. The molecule has 4 heteroatoms. The van der Waals surface area contributed by atoms with Gasteiger partial charge in [0.05, 0.1) is 0 Å². The molecule has 1 N–H and O–H groups in total. The fraction of sp³-hybridized carbons (Fsp3) is 0.588. The molecule has 0 saturated heterocycles.